The first kappa shape index (κ1) is 15.9. The van der Waals surface area contributed by atoms with E-state index in [0.29, 0.717) is 11.1 Å². The van der Waals surface area contributed by atoms with Crippen LogP contribution in [0.4, 0.5) is 0 Å². The topological polar surface area (TPSA) is 72.8 Å². The van der Waals surface area contributed by atoms with Crippen molar-refractivity contribution in [2.45, 2.75) is 6.92 Å². The molecule has 0 unspecified atom stereocenters. The van der Waals surface area contributed by atoms with Crippen LogP contribution in [0, 0.1) is 0 Å². The van der Waals surface area contributed by atoms with Crippen molar-refractivity contribution in [3.63, 3.8) is 0 Å². The summed E-state index contributed by atoms with van der Waals surface area (Å²) in [4.78, 5) is 12.5. The van der Waals surface area contributed by atoms with Crippen LogP contribution in [0.1, 0.15) is 22.8 Å². The zero-order valence-electron chi connectivity index (χ0n) is 12.0. The minimum atomic E-state index is -3.78. The van der Waals surface area contributed by atoms with Crippen LogP contribution in [0.15, 0.2) is 65.8 Å². The summed E-state index contributed by atoms with van der Waals surface area (Å²) in [6.45, 7) is 1.44. The Morgan fingerprint density at radius 2 is 1.45 bits per heavy atom. The average molecular weight is 317 g/mol. The molecule has 0 aliphatic carbocycles. The standard InChI is InChI=1S/C16H15NO4S/c1-2-22(19,20)21-17-15(13-9-5-3-6-10-13)16(18)14-11-7-4-8-12-14/h3-12H,2H2,1H3. The fraction of sp³-hybridized carbons (Fsp3) is 0.125. The van der Waals surface area contributed by atoms with Crippen LogP contribution in [-0.4, -0.2) is 25.7 Å². The molecule has 0 aliphatic rings. The fourth-order valence-corrected chi connectivity index (χ4v) is 1.99. The number of Topliss-reactive ketones (excluding diaryl/α,β-unsaturated/α-hetero) is 1. The normalized spacial score (nSPS) is 12.0. The van der Waals surface area contributed by atoms with Crippen LogP contribution >= 0.6 is 0 Å². The number of carbonyl (C=O) groups is 1. The molecule has 2 aromatic carbocycles. The minimum Gasteiger partial charge on any atom is -0.287 e. The molecule has 0 N–H and O–H groups in total. The Kier molecular flexibility index (Phi) is 5.06. The van der Waals surface area contributed by atoms with Crippen molar-refractivity contribution in [3.05, 3.63) is 71.8 Å². The Labute approximate surface area is 129 Å². The zero-order chi connectivity index (χ0) is 16.0. The third-order valence-corrected chi connectivity index (χ3v) is 3.90. The van der Waals surface area contributed by atoms with Crippen molar-refractivity contribution in [1.82, 2.24) is 0 Å². The summed E-state index contributed by atoms with van der Waals surface area (Å²) >= 11 is 0. The van der Waals surface area contributed by atoms with Crippen molar-refractivity contribution < 1.29 is 17.5 Å². The smallest absolute Gasteiger partial charge is 0.287 e. The molecule has 0 atom stereocenters. The molecule has 0 bridgehead atoms. The number of hydrogen-bond donors (Lipinski definition) is 0. The van der Waals surface area contributed by atoms with Gasteiger partial charge in [0.05, 0.1) is 5.75 Å². The van der Waals surface area contributed by atoms with Gasteiger partial charge in [-0.05, 0) is 6.92 Å². The lowest BCUT2D eigenvalue weighted by Crippen LogP contribution is -2.17. The van der Waals surface area contributed by atoms with E-state index >= 15 is 0 Å². The van der Waals surface area contributed by atoms with Gasteiger partial charge < -0.3 is 0 Å². The highest BCUT2D eigenvalue weighted by Gasteiger charge is 2.18. The molecule has 0 saturated heterocycles. The summed E-state index contributed by atoms with van der Waals surface area (Å²) < 4.78 is 27.5. The first-order valence-corrected chi connectivity index (χ1v) is 8.25. The quantitative estimate of drug-likeness (QED) is 0.466. The highest BCUT2D eigenvalue weighted by atomic mass is 32.2. The minimum absolute atomic E-state index is 0.0520. The SMILES string of the molecule is CCS(=O)(=O)ON=C(C(=O)c1ccccc1)c1ccccc1. The van der Waals surface area contributed by atoms with Crippen LogP contribution in [-0.2, 0) is 14.4 Å². The monoisotopic (exact) mass is 317 g/mol. The second kappa shape index (κ2) is 7.00. The molecule has 0 aromatic heterocycles. The highest BCUT2D eigenvalue weighted by Crippen LogP contribution is 2.10. The zero-order valence-corrected chi connectivity index (χ0v) is 12.8. The van der Waals surface area contributed by atoms with E-state index in [2.05, 4.69) is 9.44 Å². The summed E-state index contributed by atoms with van der Waals surface area (Å²) in [7, 11) is -3.78. The molecule has 0 fully saturated rings. The van der Waals surface area contributed by atoms with Gasteiger partial charge >= 0.3 is 10.1 Å². The van der Waals surface area contributed by atoms with Crippen molar-refractivity contribution in [2.75, 3.05) is 5.75 Å². The van der Waals surface area contributed by atoms with E-state index in [-0.39, 0.29) is 11.5 Å². The maximum atomic E-state index is 12.5. The second-order valence-electron chi connectivity index (χ2n) is 4.42. The molecule has 6 heteroatoms. The molecule has 0 radical (unpaired) electrons. The van der Waals surface area contributed by atoms with Gasteiger partial charge in [-0.3, -0.25) is 9.08 Å². The first-order chi connectivity index (χ1) is 10.5. The van der Waals surface area contributed by atoms with Gasteiger partial charge in [-0.25, -0.2) is 0 Å². The molecule has 5 nitrogen and oxygen atoms in total. The molecule has 2 aromatic rings. The highest BCUT2D eigenvalue weighted by molar-refractivity contribution is 7.86. The summed E-state index contributed by atoms with van der Waals surface area (Å²) in [5.41, 5.74) is 0.842. The van der Waals surface area contributed by atoms with Crippen LogP contribution in [0.3, 0.4) is 0 Å². The lowest BCUT2D eigenvalue weighted by atomic mass is 10.0. The van der Waals surface area contributed by atoms with E-state index in [1.807, 2.05) is 0 Å². The molecule has 0 spiro atoms. The molecular formula is C16H15NO4S. The molecule has 2 rings (SSSR count). The van der Waals surface area contributed by atoms with Gasteiger partial charge in [0.2, 0.25) is 5.78 Å². The summed E-state index contributed by atoms with van der Waals surface area (Å²) in [5, 5.41) is 3.59. The number of oxime groups is 1. The third kappa shape index (κ3) is 4.02. The lowest BCUT2D eigenvalue weighted by Gasteiger charge is -2.06. The van der Waals surface area contributed by atoms with Crippen LogP contribution in [0.5, 0.6) is 0 Å². The third-order valence-electron chi connectivity index (χ3n) is 2.89. The predicted molar refractivity (Wildman–Crippen MR) is 84.3 cm³/mol. The van der Waals surface area contributed by atoms with E-state index in [0.717, 1.165) is 0 Å². The molecule has 0 amide bonds. The van der Waals surface area contributed by atoms with Crippen LogP contribution < -0.4 is 0 Å². The summed E-state index contributed by atoms with van der Waals surface area (Å²) in [6, 6.07) is 17.1. The number of benzene rings is 2. The van der Waals surface area contributed by atoms with Gasteiger partial charge in [0, 0.05) is 11.1 Å². The Bertz CT molecular complexity index is 768. The Balaban J connectivity index is 2.43. The maximum Gasteiger partial charge on any atom is 0.328 e. The fourth-order valence-electron chi connectivity index (χ4n) is 1.69. The van der Waals surface area contributed by atoms with Crippen molar-refractivity contribution in [1.29, 1.82) is 0 Å². The number of hydrogen-bond acceptors (Lipinski definition) is 5. The molecule has 0 aliphatic heterocycles. The van der Waals surface area contributed by atoms with Crippen molar-refractivity contribution in [3.8, 4) is 0 Å². The van der Waals surface area contributed by atoms with E-state index in [1.165, 1.54) is 6.92 Å². The molecule has 0 heterocycles. The number of ketones is 1. The Hall–Kier alpha value is -2.47. The van der Waals surface area contributed by atoms with E-state index < -0.39 is 15.9 Å². The molecule has 22 heavy (non-hydrogen) atoms. The van der Waals surface area contributed by atoms with Gasteiger partial charge in [0.1, 0.15) is 0 Å². The second-order valence-corrected chi connectivity index (χ2v) is 6.26. The first-order valence-electron chi connectivity index (χ1n) is 6.68. The van der Waals surface area contributed by atoms with E-state index in [4.69, 9.17) is 0 Å². The van der Waals surface area contributed by atoms with Gasteiger partial charge in [-0.2, -0.15) is 8.42 Å². The molecular weight excluding hydrogens is 302 g/mol. The Morgan fingerprint density at radius 1 is 0.955 bits per heavy atom. The Morgan fingerprint density at radius 3 is 1.95 bits per heavy atom. The maximum absolute atomic E-state index is 12.5. The van der Waals surface area contributed by atoms with Gasteiger partial charge in [-0.1, -0.05) is 65.8 Å². The number of rotatable bonds is 6. The van der Waals surface area contributed by atoms with E-state index in [1.54, 1.807) is 60.7 Å². The van der Waals surface area contributed by atoms with Gasteiger partial charge in [0.15, 0.2) is 5.71 Å². The average Bonchev–Trinajstić information content (AvgIpc) is 2.56. The summed E-state index contributed by atoms with van der Waals surface area (Å²) in [5.74, 6) is -0.629. The predicted octanol–water partition coefficient (Wildman–Crippen LogP) is 2.64. The van der Waals surface area contributed by atoms with Crippen molar-refractivity contribution in [2.24, 2.45) is 5.16 Å². The van der Waals surface area contributed by atoms with Crippen LogP contribution in [0.2, 0.25) is 0 Å². The van der Waals surface area contributed by atoms with Gasteiger partial charge in [0.25, 0.3) is 0 Å². The van der Waals surface area contributed by atoms with Crippen LogP contribution in [0.25, 0.3) is 0 Å². The van der Waals surface area contributed by atoms with Crippen molar-refractivity contribution >= 4 is 21.6 Å². The number of nitrogens with zero attached hydrogens (tertiary/aromatic N) is 1. The van der Waals surface area contributed by atoms with Gasteiger partial charge in [-0.15, -0.1) is 0 Å². The lowest BCUT2D eigenvalue weighted by molar-refractivity contribution is 0.106. The summed E-state index contributed by atoms with van der Waals surface area (Å²) in [6.07, 6.45) is 0. The molecule has 114 valence electrons. The van der Waals surface area contributed by atoms with E-state index in [9.17, 15) is 13.2 Å². The number of carbonyl (C=O) groups excluding carboxylic acids is 1. The molecule has 0 saturated carbocycles. The largest absolute Gasteiger partial charge is 0.328 e.